The molecule has 4 rings (SSSR count). The molecule has 0 radical (unpaired) electrons. The van der Waals surface area contributed by atoms with Gasteiger partial charge in [0.25, 0.3) is 5.91 Å². The third-order valence-electron chi connectivity index (χ3n) is 5.38. The van der Waals surface area contributed by atoms with E-state index in [9.17, 15) is 4.79 Å². The van der Waals surface area contributed by atoms with E-state index in [1.54, 1.807) is 13.3 Å². The van der Waals surface area contributed by atoms with E-state index in [-0.39, 0.29) is 18.3 Å². The summed E-state index contributed by atoms with van der Waals surface area (Å²) in [7, 11) is 1.64. The highest BCUT2D eigenvalue weighted by Crippen LogP contribution is 2.31. The average molecular weight is 427 g/mol. The Morgan fingerprint density at radius 2 is 2.10 bits per heavy atom. The number of ether oxygens (including phenoxy) is 1. The predicted octanol–water partition coefficient (Wildman–Crippen LogP) is 4.98. The molecule has 0 aliphatic carbocycles. The first-order valence-corrected chi connectivity index (χ1v) is 10.0. The number of pyridine rings is 2. The van der Waals surface area contributed by atoms with E-state index in [0.29, 0.717) is 17.1 Å². The zero-order valence-corrected chi connectivity index (χ0v) is 18.3. The number of aryl methyl sites for hydroxylation is 1. The van der Waals surface area contributed by atoms with Crippen molar-refractivity contribution < 1.29 is 9.53 Å². The van der Waals surface area contributed by atoms with Crippen molar-refractivity contribution in [2.75, 3.05) is 25.5 Å². The Morgan fingerprint density at radius 1 is 1.27 bits per heavy atom. The topological polar surface area (TPSA) is 67.3 Å². The molecule has 3 aromatic rings. The average Bonchev–Trinajstić information content (AvgIpc) is 2.73. The number of methoxy groups -OCH3 is 1. The molecule has 1 atom stereocenters. The zero-order valence-electron chi connectivity index (χ0n) is 17.5. The van der Waals surface area contributed by atoms with E-state index in [1.165, 1.54) is 0 Å². The van der Waals surface area contributed by atoms with Crippen LogP contribution in [0, 0.1) is 12.8 Å². The molecular weight excluding hydrogens is 400 g/mol. The number of likely N-dealkylation sites (tertiary alicyclic amines) is 1. The van der Waals surface area contributed by atoms with Gasteiger partial charge in [0.15, 0.2) is 5.65 Å². The van der Waals surface area contributed by atoms with E-state index in [4.69, 9.17) is 4.74 Å². The van der Waals surface area contributed by atoms with E-state index in [2.05, 4.69) is 22.2 Å². The van der Waals surface area contributed by atoms with Crippen molar-refractivity contribution in [2.45, 2.75) is 26.7 Å². The lowest BCUT2D eigenvalue weighted by molar-refractivity contribution is 0.0684. The van der Waals surface area contributed by atoms with E-state index in [0.717, 1.165) is 54.1 Å². The largest absolute Gasteiger partial charge is 0.497 e. The predicted molar refractivity (Wildman–Crippen MR) is 122 cm³/mol. The molecule has 3 heterocycles. The van der Waals surface area contributed by atoms with Crippen LogP contribution in [-0.4, -0.2) is 41.0 Å². The monoisotopic (exact) mass is 426 g/mol. The van der Waals surface area contributed by atoms with Gasteiger partial charge < -0.3 is 15.0 Å². The van der Waals surface area contributed by atoms with Crippen molar-refractivity contribution >= 4 is 40.7 Å². The second kappa shape index (κ2) is 9.30. The molecule has 1 amide bonds. The van der Waals surface area contributed by atoms with Crippen LogP contribution in [0.25, 0.3) is 11.0 Å². The van der Waals surface area contributed by atoms with E-state index < -0.39 is 0 Å². The number of carbonyl (C=O) groups is 1. The van der Waals surface area contributed by atoms with Crippen molar-refractivity contribution in [2.24, 2.45) is 5.92 Å². The van der Waals surface area contributed by atoms with Gasteiger partial charge in [-0.25, -0.2) is 9.97 Å². The van der Waals surface area contributed by atoms with Crippen LogP contribution in [0.5, 0.6) is 5.75 Å². The Balaban J connectivity index is 0.00000256. The summed E-state index contributed by atoms with van der Waals surface area (Å²) in [5.74, 6) is 1.28. The maximum absolute atomic E-state index is 13.4. The number of aromatic nitrogens is 2. The minimum absolute atomic E-state index is 0. The number of hydrogen-bond donors (Lipinski definition) is 1. The fraction of sp³-hybridized carbons (Fsp3) is 0.348. The number of carbonyl (C=O) groups excluding carboxylic acids is 1. The summed E-state index contributed by atoms with van der Waals surface area (Å²) in [5, 5.41) is 4.26. The summed E-state index contributed by atoms with van der Waals surface area (Å²) < 4.78 is 5.34. The molecule has 2 aromatic heterocycles. The highest BCUT2D eigenvalue weighted by atomic mass is 35.5. The fourth-order valence-corrected chi connectivity index (χ4v) is 3.86. The van der Waals surface area contributed by atoms with Crippen molar-refractivity contribution in [3.8, 4) is 5.75 Å². The zero-order chi connectivity index (χ0) is 20.4. The third-order valence-corrected chi connectivity index (χ3v) is 5.38. The lowest BCUT2D eigenvalue weighted by Crippen LogP contribution is -2.39. The van der Waals surface area contributed by atoms with Crippen LogP contribution in [0.2, 0.25) is 0 Å². The van der Waals surface area contributed by atoms with Crippen LogP contribution in [-0.2, 0) is 0 Å². The number of fused-ring (bicyclic) bond motifs is 1. The fourth-order valence-electron chi connectivity index (χ4n) is 3.86. The van der Waals surface area contributed by atoms with Crippen molar-refractivity contribution in [1.82, 2.24) is 14.9 Å². The molecule has 0 saturated carbocycles. The van der Waals surface area contributed by atoms with Gasteiger partial charge in [-0.3, -0.25) is 4.79 Å². The van der Waals surface area contributed by atoms with Gasteiger partial charge in [0.1, 0.15) is 5.75 Å². The number of halogens is 1. The summed E-state index contributed by atoms with van der Waals surface area (Å²) in [6.45, 7) is 5.69. The smallest absolute Gasteiger partial charge is 0.257 e. The Kier molecular flexibility index (Phi) is 6.77. The summed E-state index contributed by atoms with van der Waals surface area (Å²) in [5.41, 5.74) is 3.66. The maximum Gasteiger partial charge on any atom is 0.257 e. The molecule has 6 nitrogen and oxygen atoms in total. The first-order valence-electron chi connectivity index (χ1n) is 10.0. The highest BCUT2D eigenvalue weighted by molar-refractivity contribution is 6.07. The Morgan fingerprint density at radius 3 is 2.87 bits per heavy atom. The van der Waals surface area contributed by atoms with Gasteiger partial charge in [-0.05, 0) is 49.9 Å². The van der Waals surface area contributed by atoms with Crippen LogP contribution in [0.4, 0.5) is 11.4 Å². The minimum atomic E-state index is 0. The van der Waals surface area contributed by atoms with Crippen LogP contribution < -0.4 is 10.1 Å². The van der Waals surface area contributed by atoms with Crippen LogP contribution in [0.15, 0.2) is 42.6 Å². The maximum atomic E-state index is 13.4. The molecule has 0 spiro atoms. The van der Waals surface area contributed by atoms with Gasteiger partial charge in [0.05, 0.1) is 18.4 Å². The summed E-state index contributed by atoms with van der Waals surface area (Å²) in [6.07, 6.45) is 3.85. The normalized spacial score (nSPS) is 16.1. The van der Waals surface area contributed by atoms with Crippen molar-refractivity contribution in [1.29, 1.82) is 0 Å². The number of nitrogens with zero attached hydrogens (tertiary/aromatic N) is 3. The molecule has 1 aliphatic rings. The molecule has 30 heavy (non-hydrogen) atoms. The molecule has 1 N–H and O–H groups in total. The molecule has 0 bridgehead atoms. The second-order valence-electron chi connectivity index (χ2n) is 7.73. The van der Waals surface area contributed by atoms with Crippen LogP contribution in [0.1, 0.15) is 35.8 Å². The summed E-state index contributed by atoms with van der Waals surface area (Å²) >= 11 is 0. The lowest BCUT2D eigenvalue weighted by atomic mass is 9.99. The molecule has 7 heteroatoms. The molecule has 1 fully saturated rings. The van der Waals surface area contributed by atoms with E-state index >= 15 is 0 Å². The Labute approximate surface area is 183 Å². The van der Waals surface area contributed by atoms with Gasteiger partial charge in [-0.15, -0.1) is 12.4 Å². The standard InChI is InChI=1S/C23H26N4O2.ClH/c1-15-6-5-11-27(14-15)23(28)20-13-24-22-19(10-9-16(2)25-22)21(20)26-17-7-4-8-18(12-17)29-3;/h4,7-10,12-13,15H,5-6,11,14H2,1-3H3,(H,24,25,26);1H. The van der Waals surface area contributed by atoms with Gasteiger partial charge in [-0.2, -0.15) is 0 Å². The van der Waals surface area contributed by atoms with Gasteiger partial charge in [0.2, 0.25) is 0 Å². The first-order chi connectivity index (χ1) is 14.0. The first kappa shape index (κ1) is 21.8. The number of rotatable bonds is 4. The third kappa shape index (κ3) is 4.49. The van der Waals surface area contributed by atoms with Crippen LogP contribution in [0.3, 0.4) is 0 Å². The van der Waals surface area contributed by atoms with Gasteiger partial charge in [-0.1, -0.05) is 13.0 Å². The number of anilines is 2. The quantitative estimate of drug-likeness (QED) is 0.636. The number of nitrogens with one attached hydrogen (secondary N) is 1. The van der Waals surface area contributed by atoms with Crippen LogP contribution >= 0.6 is 12.4 Å². The molecule has 1 unspecified atom stereocenters. The number of benzene rings is 1. The van der Waals surface area contributed by atoms with Gasteiger partial charge >= 0.3 is 0 Å². The molecule has 1 aromatic carbocycles. The van der Waals surface area contributed by atoms with Gasteiger partial charge in [0, 0.05) is 42.1 Å². The van der Waals surface area contributed by atoms with Crippen molar-refractivity contribution in [3.05, 3.63) is 53.9 Å². The number of amides is 1. The second-order valence-corrected chi connectivity index (χ2v) is 7.73. The lowest BCUT2D eigenvalue weighted by Gasteiger charge is -2.31. The molecule has 1 aliphatic heterocycles. The van der Waals surface area contributed by atoms with Crippen molar-refractivity contribution in [3.63, 3.8) is 0 Å². The summed E-state index contributed by atoms with van der Waals surface area (Å²) in [4.78, 5) is 24.4. The number of piperidine rings is 1. The Hall–Kier alpha value is -2.86. The summed E-state index contributed by atoms with van der Waals surface area (Å²) in [6, 6.07) is 11.6. The highest BCUT2D eigenvalue weighted by Gasteiger charge is 2.25. The Bertz CT molecular complexity index is 1060. The van der Waals surface area contributed by atoms with E-state index in [1.807, 2.05) is 48.2 Å². The number of hydrogen-bond acceptors (Lipinski definition) is 5. The minimum Gasteiger partial charge on any atom is -0.497 e. The molecular formula is C23H27ClN4O2. The SMILES string of the molecule is COc1cccc(Nc2c(C(=O)N3CCCC(C)C3)cnc3nc(C)ccc23)c1.Cl. The molecule has 1 saturated heterocycles. The molecule has 158 valence electrons.